The third-order valence-electron chi connectivity index (χ3n) is 4.54. The molecule has 7 heteroatoms. The highest BCUT2D eigenvalue weighted by molar-refractivity contribution is 7.88. The zero-order chi connectivity index (χ0) is 17.0. The minimum absolute atomic E-state index is 0.0479. The Balaban J connectivity index is 1.68. The Bertz CT molecular complexity index is 663. The first-order valence-corrected chi connectivity index (χ1v) is 10.5. The van der Waals surface area contributed by atoms with Crippen LogP contribution >= 0.6 is 0 Å². The average molecular weight is 354 g/mol. The molecule has 1 aromatic carbocycles. The van der Waals surface area contributed by atoms with Crippen LogP contribution in [0.1, 0.15) is 37.7 Å². The number of nitrogens with one attached hydrogen (secondary N) is 2. The average Bonchev–Trinajstić information content (AvgIpc) is 2.78. The van der Waals surface area contributed by atoms with Crippen molar-refractivity contribution in [3.63, 3.8) is 0 Å². The topological polar surface area (TPSA) is 76.7 Å². The second-order valence-corrected chi connectivity index (χ2v) is 8.34. The molecule has 1 aliphatic carbocycles. The molecule has 0 bridgehead atoms. The van der Waals surface area contributed by atoms with E-state index in [1.165, 1.54) is 6.26 Å². The third-order valence-corrected chi connectivity index (χ3v) is 5.27. The van der Waals surface area contributed by atoms with Crippen molar-refractivity contribution >= 4 is 10.0 Å². The van der Waals surface area contributed by atoms with E-state index in [2.05, 4.69) is 10.0 Å². The summed E-state index contributed by atoms with van der Waals surface area (Å²) in [7, 11) is -3.19. The van der Waals surface area contributed by atoms with E-state index in [0.717, 1.165) is 49.2 Å². The van der Waals surface area contributed by atoms with E-state index in [-0.39, 0.29) is 12.1 Å². The van der Waals surface area contributed by atoms with E-state index in [1.807, 2.05) is 18.2 Å². The lowest BCUT2D eigenvalue weighted by Gasteiger charge is -2.32. The van der Waals surface area contributed by atoms with Crippen molar-refractivity contribution in [2.24, 2.45) is 0 Å². The van der Waals surface area contributed by atoms with Crippen molar-refractivity contribution in [2.75, 3.05) is 19.5 Å². The van der Waals surface area contributed by atoms with Crippen LogP contribution in [0.3, 0.4) is 0 Å². The molecule has 1 aliphatic heterocycles. The lowest BCUT2D eigenvalue weighted by molar-refractivity contribution is 0.292. The van der Waals surface area contributed by atoms with Gasteiger partial charge in [-0.05, 0) is 18.9 Å². The molecule has 0 amide bonds. The van der Waals surface area contributed by atoms with Crippen LogP contribution in [0.25, 0.3) is 0 Å². The van der Waals surface area contributed by atoms with Gasteiger partial charge in [0.15, 0.2) is 11.5 Å². The molecular formula is C17H26N2O4S. The molecule has 3 rings (SSSR count). The molecule has 2 aliphatic rings. The predicted molar refractivity (Wildman–Crippen MR) is 92.9 cm³/mol. The Morgan fingerprint density at radius 3 is 2.62 bits per heavy atom. The van der Waals surface area contributed by atoms with E-state index in [0.29, 0.717) is 19.8 Å². The Labute approximate surface area is 144 Å². The number of ether oxygens (including phenoxy) is 2. The van der Waals surface area contributed by atoms with Gasteiger partial charge in [0.2, 0.25) is 10.0 Å². The molecule has 0 radical (unpaired) electrons. The maximum atomic E-state index is 11.6. The van der Waals surface area contributed by atoms with E-state index < -0.39 is 10.0 Å². The number of sulfonamides is 1. The summed E-state index contributed by atoms with van der Waals surface area (Å²) in [6.45, 7) is 1.97. The standard InChI is InChI=1S/C17H26N2O4S/c1-24(20,21)19-15-8-3-2-7-14(15)18-12-13-6-4-9-16-17(13)23-11-5-10-22-16/h4,6,9,14-15,18-19H,2-3,5,7-8,10-12H2,1H3/t14-,15-/m1/s1. The van der Waals surface area contributed by atoms with Gasteiger partial charge in [-0.3, -0.25) is 0 Å². The molecule has 0 unspecified atom stereocenters. The molecule has 24 heavy (non-hydrogen) atoms. The van der Waals surface area contributed by atoms with Crippen molar-refractivity contribution < 1.29 is 17.9 Å². The number of rotatable bonds is 5. The highest BCUT2D eigenvalue weighted by Gasteiger charge is 2.27. The number of para-hydroxylation sites is 1. The van der Waals surface area contributed by atoms with Crippen molar-refractivity contribution in [3.8, 4) is 11.5 Å². The van der Waals surface area contributed by atoms with Gasteiger partial charge in [0, 0.05) is 30.6 Å². The Morgan fingerprint density at radius 1 is 1.08 bits per heavy atom. The summed E-state index contributed by atoms with van der Waals surface area (Å²) in [5.41, 5.74) is 1.05. The predicted octanol–water partition coefficient (Wildman–Crippen LogP) is 1.80. The SMILES string of the molecule is CS(=O)(=O)N[C@@H]1CCCC[C@H]1NCc1cccc2c1OCCCO2. The first kappa shape index (κ1) is 17.5. The monoisotopic (exact) mass is 354 g/mol. The Morgan fingerprint density at radius 2 is 1.83 bits per heavy atom. The molecule has 2 N–H and O–H groups in total. The quantitative estimate of drug-likeness (QED) is 0.843. The van der Waals surface area contributed by atoms with Crippen LogP contribution in [0.2, 0.25) is 0 Å². The van der Waals surface area contributed by atoms with Gasteiger partial charge >= 0.3 is 0 Å². The molecule has 6 nitrogen and oxygen atoms in total. The fourth-order valence-corrected chi connectivity index (χ4v) is 4.26. The van der Waals surface area contributed by atoms with Crippen molar-refractivity contribution in [1.29, 1.82) is 0 Å². The zero-order valence-corrected chi connectivity index (χ0v) is 14.9. The maximum Gasteiger partial charge on any atom is 0.209 e. The van der Waals surface area contributed by atoms with E-state index >= 15 is 0 Å². The zero-order valence-electron chi connectivity index (χ0n) is 14.1. The highest BCUT2D eigenvalue weighted by atomic mass is 32.2. The van der Waals surface area contributed by atoms with Gasteiger partial charge in [-0.2, -0.15) is 0 Å². The first-order chi connectivity index (χ1) is 11.5. The van der Waals surface area contributed by atoms with E-state index in [4.69, 9.17) is 9.47 Å². The van der Waals surface area contributed by atoms with Gasteiger partial charge in [-0.15, -0.1) is 0 Å². The van der Waals surface area contributed by atoms with Crippen LogP contribution in [-0.4, -0.2) is 40.0 Å². The Hall–Kier alpha value is -1.31. The molecule has 0 aromatic heterocycles. The van der Waals surface area contributed by atoms with E-state index in [9.17, 15) is 8.42 Å². The summed E-state index contributed by atoms with van der Waals surface area (Å²) >= 11 is 0. The highest BCUT2D eigenvalue weighted by Crippen LogP contribution is 2.33. The molecule has 2 atom stereocenters. The fraction of sp³-hybridized carbons (Fsp3) is 0.647. The summed E-state index contributed by atoms with van der Waals surface area (Å²) < 4.78 is 37.5. The number of hydrogen-bond acceptors (Lipinski definition) is 5. The second kappa shape index (κ2) is 7.72. The van der Waals surface area contributed by atoms with Crippen molar-refractivity contribution in [2.45, 2.75) is 50.7 Å². The summed E-state index contributed by atoms with van der Waals surface area (Å²) in [5.74, 6) is 1.60. The summed E-state index contributed by atoms with van der Waals surface area (Å²) in [6.07, 6.45) is 6.12. The van der Waals surface area contributed by atoms with Crippen molar-refractivity contribution in [1.82, 2.24) is 10.0 Å². The normalized spacial score (nSPS) is 24.4. The molecular weight excluding hydrogens is 328 g/mol. The van der Waals surface area contributed by atoms with Crippen LogP contribution in [0.4, 0.5) is 0 Å². The number of benzene rings is 1. The largest absolute Gasteiger partial charge is 0.490 e. The molecule has 0 saturated heterocycles. The molecule has 134 valence electrons. The van der Waals surface area contributed by atoms with Gasteiger partial charge in [0.05, 0.1) is 19.5 Å². The lowest BCUT2D eigenvalue weighted by atomic mass is 9.91. The smallest absolute Gasteiger partial charge is 0.209 e. The fourth-order valence-electron chi connectivity index (χ4n) is 3.43. The molecule has 1 heterocycles. The van der Waals surface area contributed by atoms with Gasteiger partial charge in [-0.25, -0.2) is 13.1 Å². The molecule has 1 fully saturated rings. The lowest BCUT2D eigenvalue weighted by Crippen LogP contribution is -2.51. The van der Waals surface area contributed by atoms with E-state index in [1.54, 1.807) is 0 Å². The van der Waals surface area contributed by atoms with Gasteiger partial charge in [-0.1, -0.05) is 25.0 Å². The van der Waals surface area contributed by atoms with Crippen molar-refractivity contribution in [3.05, 3.63) is 23.8 Å². The number of fused-ring (bicyclic) bond motifs is 1. The second-order valence-electron chi connectivity index (χ2n) is 6.56. The maximum absolute atomic E-state index is 11.6. The molecule has 1 aromatic rings. The first-order valence-electron chi connectivity index (χ1n) is 8.61. The van der Waals surface area contributed by atoms with Crippen LogP contribution in [0.5, 0.6) is 11.5 Å². The Kier molecular flexibility index (Phi) is 5.63. The van der Waals surface area contributed by atoms with Crippen LogP contribution < -0.4 is 19.5 Å². The molecule has 1 saturated carbocycles. The van der Waals surface area contributed by atoms with Crippen LogP contribution in [0.15, 0.2) is 18.2 Å². The van der Waals surface area contributed by atoms with Crippen LogP contribution in [-0.2, 0) is 16.6 Å². The minimum Gasteiger partial charge on any atom is -0.490 e. The minimum atomic E-state index is -3.19. The summed E-state index contributed by atoms with van der Waals surface area (Å²) in [5, 5.41) is 3.52. The molecule has 0 spiro atoms. The third kappa shape index (κ3) is 4.62. The van der Waals surface area contributed by atoms with Crippen LogP contribution in [0, 0.1) is 0 Å². The summed E-state index contributed by atoms with van der Waals surface area (Å²) in [6, 6.07) is 6.02. The van der Waals surface area contributed by atoms with Gasteiger partial charge < -0.3 is 14.8 Å². The number of hydrogen-bond donors (Lipinski definition) is 2. The van der Waals surface area contributed by atoms with Gasteiger partial charge in [0.25, 0.3) is 0 Å². The summed E-state index contributed by atoms with van der Waals surface area (Å²) in [4.78, 5) is 0. The van der Waals surface area contributed by atoms with Gasteiger partial charge in [0.1, 0.15) is 0 Å².